The lowest BCUT2D eigenvalue weighted by molar-refractivity contribution is -0.137. The Labute approximate surface area is 233 Å². The monoisotopic (exact) mass is 546 g/mol. The van der Waals surface area contributed by atoms with Crippen molar-refractivity contribution in [2.45, 2.75) is 48.6 Å². The number of hydrogen-bond donors (Lipinski definition) is 2. The molecule has 0 aliphatic carbocycles. The van der Waals surface area contributed by atoms with Crippen molar-refractivity contribution in [3.63, 3.8) is 0 Å². The van der Waals surface area contributed by atoms with Crippen molar-refractivity contribution in [3.8, 4) is 11.5 Å². The molecule has 0 saturated carbocycles. The standard InChI is InChI=1S/C31H34N2O5S/c1-37-24-16-12-22(13-17-24)31(21-8-4-3-5-9-21,23-14-18-25(38-2)19-15-23)33-26-20-39-27(29(26)32-30(33)36)10-6-7-11-28(34)35/h3-5,8-9,12-19,26-27,29H,6-7,10-11,20H2,1-2H3,(H,32,36)(H,34,35)/t26-,27-,29-/m0/s1. The molecule has 0 aromatic heterocycles. The molecule has 2 N–H and O–H groups in total. The molecule has 5 rings (SSSR count). The van der Waals surface area contributed by atoms with Crippen molar-refractivity contribution in [3.05, 3.63) is 95.6 Å². The average Bonchev–Trinajstić information content (AvgIpc) is 3.51. The van der Waals surface area contributed by atoms with Crippen LogP contribution in [0.1, 0.15) is 42.4 Å². The molecule has 0 spiro atoms. The number of nitrogens with one attached hydrogen (secondary N) is 1. The van der Waals surface area contributed by atoms with Crippen LogP contribution in [0.25, 0.3) is 0 Å². The molecule has 3 aromatic carbocycles. The number of ether oxygens (including phenoxy) is 2. The fourth-order valence-electron chi connectivity index (χ4n) is 6.01. The average molecular weight is 547 g/mol. The Morgan fingerprint density at radius 3 is 2.03 bits per heavy atom. The maximum Gasteiger partial charge on any atom is 0.319 e. The SMILES string of the molecule is COc1ccc(C(c2ccccc2)(c2ccc(OC)cc2)N2C(=O)N[C@@H]3[C@H](CCCCC(=O)O)SC[C@@H]32)cc1. The van der Waals surface area contributed by atoms with E-state index in [-0.39, 0.29) is 29.8 Å². The molecule has 8 heteroatoms. The zero-order valence-corrected chi connectivity index (χ0v) is 23.0. The smallest absolute Gasteiger partial charge is 0.319 e. The first-order valence-corrected chi connectivity index (χ1v) is 14.3. The number of unbranched alkanes of at least 4 members (excludes halogenated alkanes) is 1. The van der Waals surface area contributed by atoms with Gasteiger partial charge in [-0.2, -0.15) is 11.8 Å². The lowest BCUT2D eigenvalue weighted by Crippen LogP contribution is -2.53. The van der Waals surface area contributed by atoms with Gasteiger partial charge in [-0.3, -0.25) is 4.79 Å². The van der Waals surface area contributed by atoms with Gasteiger partial charge in [0.2, 0.25) is 0 Å². The van der Waals surface area contributed by atoms with E-state index in [1.165, 1.54) is 0 Å². The first kappa shape index (κ1) is 26.9. The molecule has 2 fully saturated rings. The molecule has 0 bridgehead atoms. The summed E-state index contributed by atoms with van der Waals surface area (Å²) in [4.78, 5) is 27.1. The summed E-state index contributed by atoms with van der Waals surface area (Å²) in [6, 6.07) is 26.0. The summed E-state index contributed by atoms with van der Waals surface area (Å²) < 4.78 is 10.9. The largest absolute Gasteiger partial charge is 0.497 e. The van der Waals surface area contributed by atoms with Crippen molar-refractivity contribution >= 4 is 23.8 Å². The lowest BCUT2D eigenvalue weighted by Gasteiger charge is -2.45. The van der Waals surface area contributed by atoms with E-state index in [4.69, 9.17) is 14.6 Å². The minimum atomic E-state index is -0.901. The molecule has 2 aliphatic heterocycles. The Morgan fingerprint density at radius 2 is 1.49 bits per heavy atom. The van der Waals surface area contributed by atoms with E-state index in [0.717, 1.165) is 46.8 Å². The Morgan fingerprint density at radius 1 is 0.923 bits per heavy atom. The fraction of sp³-hybridized carbons (Fsp3) is 0.355. The second kappa shape index (κ2) is 11.6. The first-order chi connectivity index (χ1) is 19.0. The molecule has 7 nitrogen and oxygen atoms in total. The van der Waals surface area contributed by atoms with Gasteiger partial charge in [0.15, 0.2) is 0 Å². The van der Waals surface area contributed by atoms with Gasteiger partial charge in [-0.1, -0.05) is 61.0 Å². The predicted molar refractivity (Wildman–Crippen MR) is 153 cm³/mol. The summed E-state index contributed by atoms with van der Waals surface area (Å²) in [6.45, 7) is 0. The molecule has 0 unspecified atom stereocenters. The maximum absolute atomic E-state index is 14.0. The molecule has 0 radical (unpaired) electrons. The van der Waals surface area contributed by atoms with E-state index in [9.17, 15) is 9.59 Å². The van der Waals surface area contributed by atoms with Gasteiger partial charge in [-0.25, -0.2) is 4.79 Å². The van der Waals surface area contributed by atoms with Crippen LogP contribution in [0.4, 0.5) is 4.79 Å². The van der Waals surface area contributed by atoms with Gasteiger partial charge in [0, 0.05) is 17.4 Å². The van der Waals surface area contributed by atoms with Crippen LogP contribution >= 0.6 is 11.8 Å². The van der Waals surface area contributed by atoms with Crippen molar-refractivity contribution in [2.24, 2.45) is 0 Å². The molecule has 2 aliphatic rings. The molecular formula is C31H34N2O5S. The number of carboxylic acids is 1. The highest BCUT2D eigenvalue weighted by Gasteiger charge is 2.57. The van der Waals surface area contributed by atoms with Gasteiger partial charge >= 0.3 is 12.0 Å². The van der Waals surface area contributed by atoms with Crippen LogP contribution in [0, 0.1) is 0 Å². The van der Waals surface area contributed by atoms with E-state index in [1.54, 1.807) is 14.2 Å². The Bertz CT molecular complexity index is 1240. The van der Waals surface area contributed by atoms with E-state index in [0.29, 0.717) is 6.42 Å². The van der Waals surface area contributed by atoms with E-state index >= 15 is 0 Å². The van der Waals surface area contributed by atoms with Crippen LogP contribution < -0.4 is 14.8 Å². The van der Waals surface area contributed by atoms with Gasteiger partial charge in [-0.05, 0) is 53.8 Å². The van der Waals surface area contributed by atoms with Crippen molar-refractivity contribution in [1.29, 1.82) is 0 Å². The quantitative estimate of drug-likeness (QED) is 0.187. The summed E-state index contributed by atoms with van der Waals surface area (Å²) in [5, 5.41) is 12.6. The number of amides is 2. The minimum absolute atomic E-state index is 0.0214. The normalized spacial score (nSPS) is 20.4. The molecule has 204 valence electrons. The summed E-state index contributed by atoms with van der Waals surface area (Å²) >= 11 is 1.87. The summed E-state index contributed by atoms with van der Waals surface area (Å²) in [5.74, 6) is 1.53. The van der Waals surface area contributed by atoms with Crippen LogP contribution in [0.15, 0.2) is 78.9 Å². The number of carbonyl (C=O) groups excluding carboxylic acids is 1. The highest BCUT2D eigenvalue weighted by Crippen LogP contribution is 2.49. The highest BCUT2D eigenvalue weighted by atomic mass is 32.2. The Balaban J connectivity index is 1.62. The number of fused-ring (bicyclic) bond motifs is 1. The molecule has 2 saturated heterocycles. The zero-order chi connectivity index (χ0) is 27.4. The van der Waals surface area contributed by atoms with Crippen LogP contribution in [0.3, 0.4) is 0 Å². The zero-order valence-electron chi connectivity index (χ0n) is 22.2. The number of benzene rings is 3. The van der Waals surface area contributed by atoms with Crippen molar-refractivity contribution in [2.75, 3.05) is 20.0 Å². The first-order valence-electron chi connectivity index (χ1n) is 13.3. The third-order valence-corrected chi connectivity index (χ3v) is 9.33. The number of urea groups is 1. The highest BCUT2D eigenvalue weighted by molar-refractivity contribution is 8.00. The topological polar surface area (TPSA) is 88.1 Å². The number of aliphatic carboxylic acids is 1. The van der Waals surface area contributed by atoms with Gasteiger partial charge in [0.1, 0.15) is 17.0 Å². The van der Waals surface area contributed by atoms with Crippen LogP contribution in [0.2, 0.25) is 0 Å². The third-order valence-electron chi connectivity index (χ3n) is 7.83. The molecule has 39 heavy (non-hydrogen) atoms. The number of hydrogen-bond acceptors (Lipinski definition) is 5. The van der Waals surface area contributed by atoms with Crippen molar-refractivity contribution < 1.29 is 24.2 Å². The molecule has 2 amide bonds. The number of thioether (sulfide) groups is 1. The summed E-state index contributed by atoms with van der Waals surface area (Å²) in [6.07, 6.45) is 2.52. The Hall–Kier alpha value is -3.65. The Kier molecular flexibility index (Phi) is 8.02. The van der Waals surface area contributed by atoms with E-state index in [2.05, 4.69) is 17.4 Å². The third kappa shape index (κ3) is 5.05. The fourth-order valence-corrected chi connectivity index (χ4v) is 7.60. The number of nitrogens with zero attached hydrogens (tertiary/aromatic N) is 1. The second-order valence-electron chi connectivity index (χ2n) is 9.96. The number of rotatable bonds is 11. The molecule has 2 heterocycles. The second-order valence-corrected chi connectivity index (χ2v) is 11.2. The predicted octanol–water partition coefficient (Wildman–Crippen LogP) is 5.52. The molecule has 3 atom stereocenters. The minimum Gasteiger partial charge on any atom is -0.497 e. The number of methoxy groups -OCH3 is 2. The summed E-state index contributed by atoms with van der Waals surface area (Å²) in [5.41, 5.74) is 2.02. The number of carboxylic acid groups (broad SMARTS) is 1. The van der Waals surface area contributed by atoms with Crippen LogP contribution in [0.5, 0.6) is 11.5 Å². The maximum atomic E-state index is 14.0. The van der Waals surface area contributed by atoms with Crippen LogP contribution in [-0.2, 0) is 10.3 Å². The van der Waals surface area contributed by atoms with Crippen molar-refractivity contribution in [1.82, 2.24) is 10.2 Å². The van der Waals surface area contributed by atoms with E-state index < -0.39 is 11.5 Å². The lowest BCUT2D eigenvalue weighted by atomic mass is 9.74. The molecular weight excluding hydrogens is 512 g/mol. The van der Waals surface area contributed by atoms with Gasteiger partial charge in [0.05, 0.1) is 26.3 Å². The van der Waals surface area contributed by atoms with Gasteiger partial charge < -0.3 is 24.8 Å². The van der Waals surface area contributed by atoms with Gasteiger partial charge in [0.25, 0.3) is 0 Å². The summed E-state index contributed by atoms with van der Waals surface area (Å²) in [7, 11) is 3.29. The molecule has 3 aromatic rings. The van der Waals surface area contributed by atoms with E-state index in [1.807, 2.05) is 83.4 Å². The van der Waals surface area contributed by atoms with Crippen LogP contribution in [-0.4, -0.2) is 59.3 Å². The number of carbonyl (C=O) groups is 2. The van der Waals surface area contributed by atoms with Gasteiger partial charge in [-0.15, -0.1) is 0 Å².